The van der Waals surface area contributed by atoms with Crippen molar-refractivity contribution in [1.29, 1.82) is 0 Å². The Labute approximate surface area is 159 Å². The molecule has 144 valence electrons. The molecule has 2 saturated heterocycles. The van der Waals surface area contributed by atoms with Gasteiger partial charge in [0.05, 0.1) is 11.5 Å². The molecule has 6 nitrogen and oxygen atoms in total. The first-order valence-electron chi connectivity index (χ1n) is 9.34. The molecule has 4 rings (SSSR count). The number of rotatable bonds is 4. The molecule has 2 aliphatic heterocycles. The van der Waals surface area contributed by atoms with E-state index in [1.165, 1.54) is 0 Å². The smallest absolute Gasteiger partial charge is 0.260 e. The topological polar surface area (TPSA) is 66.9 Å². The van der Waals surface area contributed by atoms with Gasteiger partial charge in [0.15, 0.2) is 16.4 Å². The molecule has 0 bridgehead atoms. The number of sulfone groups is 1. The lowest BCUT2D eigenvalue weighted by atomic mass is 10.1. The van der Waals surface area contributed by atoms with E-state index in [1.807, 2.05) is 42.5 Å². The molecule has 1 unspecified atom stereocenters. The van der Waals surface area contributed by atoms with Crippen molar-refractivity contribution < 1.29 is 17.9 Å². The Balaban J connectivity index is 1.28. The van der Waals surface area contributed by atoms with Gasteiger partial charge in [-0.05, 0) is 29.3 Å². The van der Waals surface area contributed by atoms with E-state index in [1.54, 1.807) is 4.90 Å². The zero-order valence-electron chi connectivity index (χ0n) is 15.2. The highest BCUT2D eigenvalue weighted by Crippen LogP contribution is 2.21. The van der Waals surface area contributed by atoms with Crippen molar-refractivity contribution >= 4 is 26.5 Å². The Kier molecular flexibility index (Phi) is 5.06. The molecule has 2 aromatic carbocycles. The van der Waals surface area contributed by atoms with E-state index in [9.17, 15) is 13.2 Å². The third kappa shape index (κ3) is 4.25. The van der Waals surface area contributed by atoms with Gasteiger partial charge in [-0.25, -0.2) is 8.42 Å². The number of hydrogen-bond donors (Lipinski definition) is 0. The summed E-state index contributed by atoms with van der Waals surface area (Å²) in [5.41, 5.74) is 0. The summed E-state index contributed by atoms with van der Waals surface area (Å²) < 4.78 is 29.0. The van der Waals surface area contributed by atoms with Crippen molar-refractivity contribution in [3.8, 4) is 5.75 Å². The third-order valence-electron chi connectivity index (χ3n) is 5.48. The summed E-state index contributed by atoms with van der Waals surface area (Å²) in [5, 5.41) is 2.23. The van der Waals surface area contributed by atoms with Gasteiger partial charge in [-0.2, -0.15) is 0 Å². The zero-order valence-corrected chi connectivity index (χ0v) is 16.0. The van der Waals surface area contributed by atoms with Gasteiger partial charge in [-0.3, -0.25) is 9.69 Å². The number of carbonyl (C=O) groups is 1. The third-order valence-corrected chi connectivity index (χ3v) is 7.23. The van der Waals surface area contributed by atoms with Crippen molar-refractivity contribution in [2.45, 2.75) is 12.5 Å². The summed E-state index contributed by atoms with van der Waals surface area (Å²) in [6, 6.07) is 14.0. The van der Waals surface area contributed by atoms with Crippen LogP contribution in [0.1, 0.15) is 6.42 Å². The molecule has 2 aliphatic rings. The van der Waals surface area contributed by atoms with Crippen LogP contribution in [0.3, 0.4) is 0 Å². The molecule has 2 fully saturated rings. The Hall–Kier alpha value is -2.12. The molecule has 2 aromatic rings. The lowest BCUT2D eigenvalue weighted by Crippen LogP contribution is -2.53. The van der Waals surface area contributed by atoms with E-state index in [-0.39, 0.29) is 30.1 Å². The first kappa shape index (κ1) is 18.3. The molecule has 7 heteroatoms. The second kappa shape index (κ2) is 7.48. The molecular weight excluding hydrogens is 364 g/mol. The van der Waals surface area contributed by atoms with Gasteiger partial charge >= 0.3 is 0 Å². The fraction of sp³-hybridized carbons (Fsp3) is 0.450. The monoisotopic (exact) mass is 388 g/mol. The van der Waals surface area contributed by atoms with Crippen LogP contribution in [0.15, 0.2) is 42.5 Å². The number of nitrogens with zero attached hydrogens (tertiary/aromatic N) is 2. The van der Waals surface area contributed by atoms with Gasteiger partial charge in [0, 0.05) is 32.2 Å². The highest BCUT2D eigenvalue weighted by molar-refractivity contribution is 7.91. The van der Waals surface area contributed by atoms with Crippen molar-refractivity contribution in [1.82, 2.24) is 9.80 Å². The van der Waals surface area contributed by atoms with Gasteiger partial charge in [-0.1, -0.05) is 30.3 Å². The number of piperazine rings is 1. The molecule has 0 aromatic heterocycles. The van der Waals surface area contributed by atoms with Crippen LogP contribution in [0.2, 0.25) is 0 Å². The van der Waals surface area contributed by atoms with Crippen LogP contribution in [0.4, 0.5) is 0 Å². The average Bonchev–Trinajstić information content (AvgIpc) is 3.06. The van der Waals surface area contributed by atoms with E-state index >= 15 is 0 Å². The summed E-state index contributed by atoms with van der Waals surface area (Å²) in [6.07, 6.45) is 0.710. The highest BCUT2D eigenvalue weighted by Gasteiger charge is 2.34. The number of benzene rings is 2. The number of hydrogen-bond acceptors (Lipinski definition) is 5. The summed E-state index contributed by atoms with van der Waals surface area (Å²) in [4.78, 5) is 16.5. The van der Waals surface area contributed by atoms with Crippen LogP contribution in [0.25, 0.3) is 10.8 Å². The number of ether oxygens (including phenoxy) is 1. The van der Waals surface area contributed by atoms with E-state index in [0.717, 1.165) is 23.9 Å². The van der Waals surface area contributed by atoms with E-state index in [2.05, 4.69) is 4.90 Å². The SMILES string of the molecule is O=C(COc1ccc2ccccc2c1)N1CCN(C2CCS(=O)(=O)C2)CC1. The first-order valence-corrected chi connectivity index (χ1v) is 11.2. The second-order valence-electron chi connectivity index (χ2n) is 7.27. The van der Waals surface area contributed by atoms with Crippen molar-refractivity contribution in [3.05, 3.63) is 42.5 Å². The molecule has 0 saturated carbocycles. The molecule has 0 aliphatic carbocycles. The van der Waals surface area contributed by atoms with E-state index < -0.39 is 9.84 Å². The largest absolute Gasteiger partial charge is 0.484 e. The lowest BCUT2D eigenvalue weighted by Gasteiger charge is -2.37. The predicted molar refractivity (Wildman–Crippen MR) is 105 cm³/mol. The molecule has 1 atom stereocenters. The second-order valence-corrected chi connectivity index (χ2v) is 9.50. The maximum Gasteiger partial charge on any atom is 0.260 e. The molecule has 27 heavy (non-hydrogen) atoms. The first-order chi connectivity index (χ1) is 13.0. The summed E-state index contributed by atoms with van der Waals surface area (Å²) >= 11 is 0. The zero-order chi connectivity index (χ0) is 18.9. The van der Waals surface area contributed by atoms with Crippen LogP contribution in [0, 0.1) is 0 Å². The van der Waals surface area contributed by atoms with Gasteiger partial charge in [0.2, 0.25) is 0 Å². The van der Waals surface area contributed by atoms with Crippen LogP contribution >= 0.6 is 0 Å². The summed E-state index contributed by atoms with van der Waals surface area (Å²) in [7, 11) is -2.87. The lowest BCUT2D eigenvalue weighted by molar-refractivity contribution is -0.135. The quantitative estimate of drug-likeness (QED) is 0.795. The molecule has 0 N–H and O–H groups in total. The standard InChI is InChI=1S/C20H24N2O4S/c23-20(14-26-19-6-5-16-3-1-2-4-17(16)13-19)22-10-8-21(9-11-22)18-7-12-27(24,25)15-18/h1-6,13,18H,7-12,14-15H2. The Morgan fingerprint density at radius 3 is 2.48 bits per heavy atom. The van der Waals surface area contributed by atoms with E-state index in [4.69, 9.17) is 4.74 Å². The molecule has 2 heterocycles. The molecule has 1 amide bonds. The average molecular weight is 388 g/mol. The molecule has 0 spiro atoms. The summed E-state index contributed by atoms with van der Waals surface area (Å²) in [6.45, 7) is 2.72. The summed E-state index contributed by atoms with van der Waals surface area (Å²) in [5.74, 6) is 1.21. The number of amides is 1. The van der Waals surface area contributed by atoms with Crippen LogP contribution < -0.4 is 4.74 Å². The highest BCUT2D eigenvalue weighted by atomic mass is 32.2. The predicted octanol–water partition coefficient (Wildman–Crippen LogP) is 1.55. The maximum absolute atomic E-state index is 12.5. The van der Waals surface area contributed by atoms with Gasteiger partial charge in [-0.15, -0.1) is 0 Å². The normalized spacial score (nSPS) is 22.8. The minimum atomic E-state index is -2.87. The van der Waals surface area contributed by atoms with Crippen molar-refractivity contribution in [3.63, 3.8) is 0 Å². The van der Waals surface area contributed by atoms with Gasteiger partial charge in [0.25, 0.3) is 5.91 Å². The maximum atomic E-state index is 12.5. The minimum absolute atomic E-state index is 0.0240. The molecular formula is C20H24N2O4S. The molecule has 0 radical (unpaired) electrons. The van der Waals surface area contributed by atoms with E-state index in [0.29, 0.717) is 25.3 Å². The van der Waals surface area contributed by atoms with Gasteiger partial charge in [0.1, 0.15) is 5.75 Å². The Morgan fingerprint density at radius 2 is 1.78 bits per heavy atom. The number of fused-ring (bicyclic) bond motifs is 1. The Bertz CT molecular complexity index is 936. The van der Waals surface area contributed by atoms with Crippen LogP contribution in [-0.2, 0) is 14.6 Å². The minimum Gasteiger partial charge on any atom is -0.484 e. The van der Waals surface area contributed by atoms with Crippen LogP contribution in [-0.4, -0.2) is 74.5 Å². The van der Waals surface area contributed by atoms with Crippen LogP contribution in [0.5, 0.6) is 5.75 Å². The fourth-order valence-corrected chi connectivity index (χ4v) is 5.65. The number of carbonyl (C=O) groups excluding carboxylic acids is 1. The van der Waals surface area contributed by atoms with Gasteiger partial charge < -0.3 is 9.64 Å². The van der Waals surface area contributed by atoms with Crippen molar-refractivity contribution in [2.75, 3.05) is 44.3 Å². The Morgan fingerprint density at radius 1 is 1.04 bits per heavy atom. The van der Waals surface area contributed by atoms with Crippen molar-refractivity contribution in [2.24, 2.45) is 0 Å². The fourth-order valence-electron chi connectivity index (χ4n) is 3.89.